The lowest BCUT2D eigenvalue weighted by atomic mass is 10.3. The minimum atomic E-state index is 0.465. The molecule has 1 aliphatic carbocycles. The molecule has 100 valence electrons. The summed E-state index contributed by atoms with van der Waals surface area (Å²) in [5.74, 6) is 1.30. The monoisotopic (exact) mass is 257 g/mol. The summed E-state index contributed by atoms with van der Waals surface area (Å²) in [7, 11) is 0. The van der Waals surface area contributed by atoms with Crippen molar-refractivity contribution in [1.29, 1.82) is 0 Å². The molecule has 2 heterocycles. The van der Waals surface area contributed by atoms with Crippen molar-refractivity contribution in [2.75, 3.05) is 0 Å². The van der Waals surface area contributed by atoms with Gasteiger partial charge in [0.2, 0.25) is 5.95 Å². The molecule has 0 aliphatic heterocycles. The average Bonchev–Trinajstić information content (AvgIpc) is 3.15. The fourth-order valence-corrected chi connectivity index (χ4v) is 1.93. The first-order valence-electron chi connectivity index (χ1n) is 6.82. The Morgan fingerprint density at radius 2 is 2.05 bits per heavy atom. The molecule has 19 heavy (non-hydrogen) atoms. The van der Waals surface area contributed by atoms with E-state index in [1.54, 1.807) is 4.68 Å². The molecule has 2 aromatic rings. The molecular weight excluding hydrogens is 238 g/mol. The van der Waals surface area contributed by atoms with Crippen LogP contribution in [0.5, 0.6) is 0 Å². The summed E-state index contributed by atoms with van der Waals surface area (Å²) in [6.45, 7) is 5.04. The Balaban J connectivity index is 1.70. The summed E-state index contributed by atoms with van der Waals surface area (Å²) < 4.78 is 1.76. The van der Waals surface area contributed by atoms with Crippen LogP contribution in [-0.4, -0.2) is 25.8 Å². The lowest BCUT2D eigenvalue weighted by Gasteiger charge is -2.07. The van der Waals surface area contributed by atoms with E-state index in [4.69, 9.17) is 0 Å². The third-order valence-corrected chi connectivity index (χ3v) is 3.22. The number of rotatable bonds is 5. The molecule has 0 aromatic carbocycles. The molecule has 1 saturated carbocycles. The summed E-state index contributed by atoms with van der Waals surface area (Å²) in [6, 6.07) is 2.53. The molecule has 0 saturated heterocycles. The van der Waals surface area contributed by atoms with E-state index >= 15 is 0 Å². The van der Waals surface area contributed by atoms with E-state index in [0.717, 1.165) is 17.8 Å². The van der Waals surface area contributed by atoms with Gasteiger partial charge in [0, 0.05) is 42.7 Å². The van der Waals surface area contributed by atoms with Crippen molar-refractivity contribution in [2.45, 2.75) is 45.2 Å². The average molecular weight is 257 g/mol. The Morgan fingerprint density at radius 3 is 2.68 bits per heavy atom. The minimum Gasteiger partial charge on any atom is -0.310 e. The van der Waals surface area contributed by atoms with Crippen molar-refractivity contribution in [1.82, 2.24) is 25.1 Å². The quantitative estimate of drug-likeness (QED) is 0.890. The number of hydrogen-bond donors (Lipinski definition) is 1. The molecule has 5 heteroatoms. The molecule has 5 nitrogen and oxygen atoms in total. The number of hydrogen-bond acceptors (Lipinski definition) is 4. The van der Waals surface area contributed by atoms with Crippen LogP contribution in [0.3, 0.4) is 0 Å². The van der Waals surface area contributed by atoms with Crippen LogP contribution in [0, 0.1) is 0 Å². The van der Waals surface area contributed by atoms with Gasteiger partial charge in [-0.15, -0.1) is 0 Å². The standard InChI is InChI=1S/C14H19N5/c1-10(2)15-7-11-8-16-14(17-9-11)19-6-5-13(18-19)12-3-4-12/h5-6,8-10,12,15H,3-4,7H2,1-2H3. The predicted octanol–water partition coefficient (Wildman–Crippen LogP) is 2.04. The summed E-state index contributed by atoms with van der Waals surface area (Å²) in [5, 5.41) is 7.87. The van der Waals surface area contributed by atoms with E-state index in [9.17, 15) is 0 Å². The Bertz CT molecular complexity index is 539. The van der Waals surface area contributed by atoms with E-state index in [2.05, 4.69) is 40.3 Å². The second kappa shape index (κ2) is 5.09. The smallest absolute Gasteiger partial charge is 0.250 e. The topological polar surface area (TPSA) is 55.6 Å². The molecule has 0 spiro atoms. The summed E-state index contributed by atoms with van der Waals surface area (Å²) >= 11 is 0. The molecule has 2 aromatic heterocycles. The minimum absolute atomic E-state index is 0.465. The van der Waals surface area contributed by atoms with Crippen LogP contribution in [0.1, 0.15) is 43.9 Å². The van der Waals surface area contributed by atoms with Gasteiger partial charge in [-0.2, -0.15) is 5.10 Å². The Morgan fingerprint density at radius 1 is 1.32 bits per heavy atom. The van der Waals surface area contributed by atoms with E-state index in [1.807, 2.05) is 18.6 Å². The second-order valence-corrected chi connectivity index (χ2v) is 5.39. The van der Waals surface area contributed by atoms with Crippen LogP contribution in [0.2, 0.25) is 0 Å². The van der Waals surface area contributed by atoms with Gasteiger partial charge in [0.05, 0.1) is 5.69 Å². The van der Waals surface area contributed by atoms with Crippen LogP contribution < -0.4 is 5.32 Å². The van der Waals surface area contributed by atoms with Crippen molar-refractivity contribution >= 4 is 0 Å². The highest BCUT2D eigenvalue weighted by Crippen LogP contribution is 2.38. The van der Waals surface area contributed by atoms with Gasteiger partial charge in [-0.3, -0.25) is 0 Å². The van der Waals surface area contributed by atoms with Gasteiger partial charge in [0.15, 0.2) is 0 Å². The number of nitrogens with one attached hydrogen (secondary N) is 1. The van der Waals surface area contributed by atoms with E-state index in [-0.39, 0.29) is 0 Å². The molecule has 1 fully saturated rings. The van der Waals surface area contributed by atoms with Gasteiger partial charge >= 0.3 is 0 Å². The van der Waals surface area contributed by atoms with E-state index in [1.165, 1.54) is 12.8 Å². The highest BCUT2D eigenvalue weighted by molar-refractivity contribution is 5.18. The molecule has 3 rings (SSSR count). The Hall–Kier alpha value is -1.75. The van der Waals surface area contributed by atoms with Gasteiger partial charge < -0.3 is 5.32 Å². The van der Waals surface area contributed by atoms with E-state index in [0.29, 0.717) is 17.9 Å². The lowest BCUT2D eigenvalue weighted by Crippen LogP contribution is -2.22. The number of nitrogens with zero attached hydrogens (tertiary/aromatic N) is 4. The fourth-order valence-electron chi connectivity index (χ4n) is 1.93. The maximum Gasteiger partial charge on any atom is 0.250 e. The van der Waals surface area contributed by atoms with Crippen molar-refractivity contribution < 1.29 is 0 Å². The summed E-state index contributed by atoms with van der Waals surface area (Å²) in [6.07, 6.45) is 8.18. The van der Waals surface area contributed by atoms with Crippen LogP contribution in [0.4, 0.5) is 0 Å². The van der Waals surface area contributed by atoms with Gasteiger partial charge in [-0.05, 0) is 18.9 Å². The van der Waals surface area contributed by atoms with Crippen LogP contribution in [-0.2, 0) is 6.54 Å². The first-order valence-corrected chi connectivity index (χ1v) is 6.82. The zero-order chi connectivity index (χ0) is 13.2. The maximum absolute atomic E-state index is 4.52. The normalized spacial score (nSPS) is 15.1. The van der Waals surface area contributed by atoms with Gasteiger partial charge in [0.1, 0.15) is 0 Å². The first-order chi connectivity index (χ1) is 9.22. The van der Waals surface area contributed by atoms with E-state index < -0.39 is 0 Å². The SMILES string of the molecule is CC(C)NCc1cnc(-n2ccc(C3CC3)n2)nc1. The van der Waals surface area contributed by atoms with Crippen LogP contribution in [0.15, 0.2) is 24.7 Å². The van der Waals surface area contributed by atoms with Crippen molar-refractivity contribution in [2.24, 2.45) is 0 Å². The fraction of sp³-hybridized carbons (Fsp3) is 0.500. The van der Waals surface area contributed by atoms with Crippen molar-refractivity contribution in [3.63, 3.8) is 0 Å². The molecule has 0 bridgehead atoms. The highest BCUT2D eigenvalue weighted by Gasteiger charge is 2.26. The highest BCUT2D eigenvalue weighted by atomic mass is 15.3. The zero-order valence-electron chi connectivity index (χ0n) is 11.4. The molecule has 1 aliphatic rings. The summed E-state index contributed by atoms with van der Waals surface area (Å²) in [5.41, 5.74) is 2.25. The molecule has 0 atom stereocenters. The van der Waals surface area contributed by atoms with Crippen molar-refractivity contribution in [3.8, 4) is 5.95 Å². The third kappa shape index (κ3) is 2.98. The second-order valence-electron chi connectivity index (χ2n) is 5.39. The molecular formula is C14H19N5. The predicted molar refractivity (Wildman–Crippen MR) is 73.1 cm³/mol. The number of aromatic nitrogens is 4. The van der Waals surface area contributed by atoms with Crippen LogP contribution in [0.25, 0.3) is 5.95 Å². The van der Waals surface area contributed by atoms with Crippen LogP contribution >= 0.6 is 0 Å². The van der Waals surface area contributed by atoms with Crippen molar-refractivity contribution in [3.05, 3.63) is 35.9 Å². The first kappa shape index (κ1) is 12.3. The zero-order valence-corrected chi connectivity index (χ0v) is 11.4. The molecule has 0 unspecified atom stereocenters. The van der Waals surface area contributed by atoms with Gasteiger partial charge in [-0.25, -0.2) is 14.6 Å². The molecule has 0 radical (unpaired) electrons. The van der Waals surface area contributed by atoms with Gasteiger partial charge in [0.25, 0.3) is 0 Å². The summed E-state index contributed by atoms with van der Waals surface area (Å²) in [4.78, 5) is 8.74. The van der Waals surface area contributed by atoms with Gasteiger partial charge in [-0.1, -0.05) is 13.8 Å². The molecule has 1 N–H and O–H groups in total. The third-order valence-electron chi connectivity index (χ3n) is 3.22. The Labute approximate surface area is 113 Å². The lowest BCUT2D eigenvalue weighted by molar-refractivity contribution is 0.586. The molecule has 0 amide bonds. The Kier molecular flexibility index (Phi) is 3.29. The largest absolute Gasteiger partial charge is 0.310 e. The maximum atomic E-state index is 4.52.